The number of aromatic nitrogens is 2. The van der Waals surface area contributed by atoms with E-state index in [1.165, 1.54) is 12.4 Å². The predicted octanol–water partition coefficient (Wildman–Crippen LogP) is 5.16. The van der Waals surface area contributed by atoms with Crippen molar-refractivity contribution in [3.8, 4) is 0 Å². The molecule has 0 saturated carbocycles. The lowest BCUT2D eigenvalue weighted by Gasteiger charge is -2.17. The quantitative estimate of drug-likeness (QED) is 0.448. The Labute approximate surface area is 200 Å². The number of hydrogen-bond donors (Lipinski definition) is 2. The van der Waals surface area contributed by atoms with E-state index in [2.05, 4.69) is 20.6 Å². The van der Waals surface area contributed by atoms with Crippen molar-refractivity contribution < 1.29 is 27.6 Å². The Morgan fingerprint density at radius 2 is 1.94 bits per heavy atom. The summed E-state index contributed by atoms with van der Waals surface area (Å²) in [7, 11) is 0. The Kier molecular flexibility index (Phi) is 6.67. The molecule has 1 aliphatic rings. The van der Waals surface area contributed by atoms with Crippen LogP contribution in [0.15, 0.2) is 36.7 Å². The Bertz CT molecular complexity index is 1290. The highest BCUT2D eigenvalue weighted by atomic mass is 35.5. The zero-order valence-corrected chi connectivity index (χ0v) is 18.9. The fraction of sp³-hybridized carbons (Fsp3) is 0.227. The highest BCUT2D eigenvalue weighted by Gasteiger charge is 2.33. The number of thiophene rings is 1. The maximum Gasteiger partial charge on any atom is 0.417 e. The van der Waals surface area contributed by atoms with Crippen molar-refractivity contribution in [2.45, 2.75) is 31.9 Å². The van der Waals surface area contributed by atoms with Gasteiger partial charge in [0.1, 0.15) is 17.8 Å². The first-order valence-electron chi connectivity index (χ1n) is 10.1. The molecule has 3 aromatic rings. The lowest BCUT2D eigenvalue weighted by Crippen LogP contribution is -2.23. The fourth-order valence-electron chi connectivity index (χ4n) is 3.43. The van der Waals surface area contributed by atoms with Gasteiger partial charge in [-0.3, -0.25) is 14.4 Å². The van der Waals surface area contributed by atoms with Gasteiger partial charge in [0.05, 0.1) is 15.5 Å². The number of alkyl halides is 3. The van der Waals surface area contributed by atoms with Crippen LogP contribution in [0.3, 0.4) is 0 Å². The summed E-state index contributed by atoms with van der Waals surface area (Å²) in [6, 6.07) is 6.36. The molecule has 1 aliphatic heterocycles. The Morgan fingerprint density at radius 3 is 2.71 bits per heavy atom. The molecule has 1 aromatic carbocycles. The number of carbonyl (C=O) groups excluding carboxylic acids is 3. The third kappa shape index (κ3) is 5.26. The minimum atomic E-state index is -4.64. The molecule has 2 N–H and O–H groups in total. The zero-order valence-electron chi connectivity index (χ0n) is 17.3. The number of carbonyl (C=O) groups is 3. The van der Waals surface area contributed by atoms with Crippen LogP contribution < -0.4 is 10.6 Å². The van der Waals surface area contributed by atoms with Crippen molar-refractivity contribution in [1.82, 2.24) is 9.97 Å². The minimum Gasteiger partial charge on any atom is -0.321 e. The lowest BCUT2D eigenvalue weighted by atomic mass is 10.0. The average molecular weight is 509 g/mol. The normalized spacial score (nSPS) is 13.2. The lowest BCUT2D eigenvalue weighted by molar-refractivity contribution is -0.137. The molecule has 7 nitrogen and oxygen atoms in total. The van der Waals surface area contributed by atoms with E-state index in [1.807, 2.05) is 0 Å². The van der Waals surface area contributed by atoms with Crippen LogP contribution in [0, 0.1) is 0 Å². The van der Waals surface area contributed by atoms with Gasteiger partial charge in [-0.15, -0.1) is 11.3 Å². The number of Topliss-reactive ketones (excluding diaryl/α,β-unsaturated/α-hetero) is 1. The van der Waals surface area contributed by atoms with Crippen molar-refractivity contribution >= 4 is 52.0 Å². The van der Waals surface area contributed by atoms with Gasteiger partial charge >= 0.3 is 6.18 Å². The number of nitrogens with zero attached hydrogens (tertiary/aromatic N) is 2. The van der Waals surface area contributed by atoms with Crippen molar-refractivity contribution in [2.24, 2.45) is 0 Å². The van der Waals surface area contributed by atoms with Crippen LogP contribution in [0.4, 0.5) is 24.7 Å². The minimum absolute atomic E-state index is 0.0347. The van der Waals surface area contributed by atoms with Crippen molar-refractivity contribution in [3.63, 3.8) is 0 Å². The molecule has 3 heterocycles. The molecule has 2 aromatic heterocycles. The first-order valence-corrected chi connectivity index (χ1v) is 11.2. The highest BCUT2D eigenvalue weighted by molar-refractivity contribution is 7.14. The molecular formula is C22H16ClF3N4O3S. The molecule has 12 heteroatoms. The summed E-state index contributed by atoms with van der Waals surface area (Å²) in [5.74, 6) is -0.600. The molecule has 34 heavy (non-hydrogen) atoms. The number of amides is 2. The standard InChI is InChI=1S/C22H16ClF3N4O3S/c23-15-5-1-11(9-14(15)22(24,25)26)29-21(33)17-7-3-12(34-17)2-6-16(31)19-13-4-8-18(32)30-20(13)28-10-27-19/h1,3,5,7,9-10H,2,4,6,8H2,(H,29,33)(H,27,28,30,32). The predicted molar refractivity (Wildman–Crippen MR) is 120 cm³/mol. The molecule has 0 atom stereocenters. The van der Waals surface area contributed by atoms with Crippen LogP contribution in [0.5, 0.6) is 0 Å². The summed E-state index contributed by atoms with van der Waals surface area (Å²) in [5.41, 5.74) is -0.196. The first-order chi connectivity index (χ1) is 16.1. The molecule has 176 valence electrons. The number of benzene rings is 1. The maximum atomic E-state index is 13.0. The van der Waals surface area contributed by atoms with E-state index in [0.717, 1.165) is 28.3 Å². The van der Waals surface area contributed by atoms with Crippen LogP contribution in [0.25, 0.3) is 0 Å². The van der Waals surface area contributed by atoms with E-state index in [-0.39, 0.29) is 40.8 Å². The number of rotatable bonds is 6. The Morgan fingerprint density at radius 1 is 1.15 bits per heavy atom. The van der Waals surface area contributed by atoms with Crippen LogP contribution >= 0.6 is 22.9 Å². The van der Waals surface area contributed by atoms with Gasteiger partial charge < -0.3 is 10.6 Å². The maximum absolute atomic E-state index is 13.0. The van der Waals surface area contributed by atoms with Gasteiger partial charge in [-0.1, -0.05) is 11.6 Å². The molecule has 0 aliphatic carbocycles. The van der Waals surface area contributed by atoms with Crippen molar-refractivity contribution in [1.29, 1.82) is 0 Å². The molecule has 0 radical (unpaired) electrons. The average Bonchev–Trinajstić information content (AvgIpc) is 3.26. The summed E-state index contributed by atoms with van der Waals surface area (Å²) in [5, 5.41) is 4.60. The number of aryl methyl sites for hydroxylation is 1. The second kappa shape index (κ2) is 9.51. The molecule has 2 amide bonds. The topological polar surface area (TPSA) is 101 Å². The Hall–Kier alpha value is -3.31. The van der Waals surface area contributed by atoms with E-state index in [1.54, 1.807) is 12.1 Å². The van der Waals surface area contributed by atoms with Gasteiger partial charge in [0, 0.05) is 29.0 Å². The largest absolute Gasteiger partial charge is 0.417 e. The third-order valence-electron chi connectivity index (χ3n) is 5.08. The van der Waals surface area contributed by atoms with Gasteiger partial charge in [0.15, 0.2) is 5.78 Å². The van der Waals surface area contributed by atoms with Gasteiger partial charge in [-0.25, -0.2) is 9.97 Å². The van der Waals surface area contributed by atoms with Gasteiger partial charge in [0.2, 0.25) is 5.91 Å². The SMILES string of the molecule is O=C1CCc2c(ncnc2C(=O)CCc2ccc(C(=O)Nc3ccc(Cl)c(C(F)(F)F)c3)s2)N1. The van der Waals surface area contributed by atoms with Crippen molar-refractivity contribution in [2.75, 3.05) is 10.6 Å². The third-order valence-corrected chi connectivity index (χ3v) is 6.56. The van der Waals surface area contributed by atoms with Crippen LogP contribution in [-0.2, 0) is 23.8 Å². The molecular weight excluding hydrogens is 493 g/mol. The second-order valence-electron chi connectivity index (χ2n) is 7.43. The van der Waals surface area contributed by atoms with Gasteiger partial charge in [-0.05, 0) is 43.2 Å². The van der Waals surface area contributed by atoms with Gasteiger partial charge in [0.25, 0.3) is 5.91 Å². The molecule has 0 unspecified atom stereocenters. The van der Waals surface area contributed by atoms with E-state index < -0.39 is 22.7 Å². The molecule has 0 spiro atoms. The number of nitrogens with one attached hydrogen (secondary N) is 2. The monoisotopic (exact) mass is 508 g/mol. The summed E-state index contributed by atoms with van der Waals surface area (Å²) < 4.78 is 39.1. The van der Waals surface area contributed by atoms with Gasteiger partial charge in [-0.2, -0.15) is 13.2 Å². The van der Waals surface area contributed by atoms with E-state index >= 15 is 0 Å². The summed E-state index contributed by atoms with van der Waals surface area (Å²) in [6.45, 7) is 0. The zero-order chi connectivity index (χ0) is 24.5. The van der Waals surface area contributed by atoms with E-state index in [0.29, 0.717) is 24.2 Å². The summed E-state index contributed by atoms with van der Waals surface area (Å²) >= 11 is 6.74. The first kappa shape index (κ1) is 23.8. The van der Waals surface area contributed by atoms with E-state index in [9.17, 15) is 27.6 Å². The number of anilines is 2. The summed E-state index contributed by atoms with van der Waals surface area (Å²) in [4.78, 5) is 45.8. The molecule has 0 bridgehead atoms. The number of ketones is 1. The van der Waals surface area contributed by atoms with E-state index in [4.69, 9.17) is 11.6 Å². The smallest absolute Gasteiger partial charge is 0.321 e. The number of hydrogen-bond acceptors (Lipinski definition) is 6. The molecule has 4 rings (SSSR count). The number of fused-ring (bicyclic) bond motifs is 1. The number of halogens is 4. The molecule has 0 fully saturated rings. The summed E-state index contributed by atoms with van der Waals surface area (Å²) in [6.07, 6.45) is -2.30. The van der Waals surface area contributed by atoms with Crippen LogP contribution in [0.2, 0.25) is 5.02 Å². The highest BCUT2D eigenvalue weighted by Crippen LogP contribution is 2.36. The van der Waals surface area contributed by atoms with Crippen LogP contribution in [0.1, 0.15) is 49.0 Å². The Balaban J connectivity index is 1.40. The van der Waals surface area contributed by atoms with Crippen LogP contribution in [-0.4, -0.2) is 27.6 Å². The molecule has 0 saturated heterocycles. The second-order valence-corrected chi connectivity index (χ2v) is 9.01. The fourth-order valence-corrected chi connectivity index (χ4v) is 4.56. The van der Waals surface area contributed by atoms with Crippen molar-refractivity contribution in [3.05, 3.63) is 68.3 Å².